The molecule has 242 valence electrons. The van der Waals surface area contributed by atoms with Crippen molar-refractivity contribution in [1.82, 2.24) is 0 Å². The van der Waals surface area contributed by atoms with E-state index in [4.69, 9.17) is 4.18 Å². The maximum Gasteiger partial charge on any atom is 0.389 e. The first-order valence-electron chi connectivity index (χ1n) is 16.8. The van der Waals surface area contributed by atoms with Crippen LogP contribution in [0.15, 0.2) is 0 Å². The van der Waals surface area contributed by atoms with E-state index in [1.807, 2.05) is 0 Å². The fraction of sp³-hybridized carbons (Fsp3) is 1.00. The minimum absolute atomic E-state index is 0.0514. The van der Waals surface area contributed by atoms with Crippen LogP contribution < -0.4 is 0 Å². The van der Waals surface area contributed by atoms with Gasteiger partial charge in [-0.1, -0.05) is 155 Å². The Morgan fingerprint density at radius 1 is 0.525 bits per heavy atom. The molecular weight excluding hydrogens is 540 g/mol. The fourth-order valence-corrected chi connectivity index (χ4v) is 6.04. The number of hydrogen-bond donors (Lipinski definition) is 0. The molecule has 8 heteroatoms. The molecule has 1 atom stereocenters. The number of rotatable bonds is 31. The first-order valence-corrected chi connectivity index (χ1v) is 18.2. The van der Waals surface area contributed by atoms with Gasteiger partial charge in [-0.2, -0.15) is 21.6 Å². The molecule has 0 aliphatic heterocycles. The van der Waals surface area contributed by atoms with Crippen LogP contribution in [-0.2, 0) is 14.3 Å². The molecule has 1 unspecified atom stereocenters. The van der Waals surface area contributed by atoms with E-state index in [0.29, 0.717) is 19.3 Å². The highest BCUT2D eigenvalue weighted by Crippen LogP contribution is 2.23. The summed E-state index contributed by atoms with van der Waals surface area (Å²) in [5.74, 6) is 0. The van der Waals surface area contributed by atoms with Crippen molar-refractivity contribution in [3.63, 3.8) is 0 Å². The van der Waals surface area contributed by atoms with Crippen molar-refractivity contribution in [2.24, 2.45) is 0 Å². The Bertz CT molecular complexity index is 626. The molecule has 40 heavy (non-hydrogen) atoms. The summed E-state index contributed by atoms with van der Waals surface area (Å²) in [6, 6.07) is 0. The van der Waals surface area contributed by atoms with Gasteiger partial charge in [0.15, 0.2) is 0 Å². The Morgan fingerprint density at radius 3 is 1.23 bits per heavy atom. The summed E-state index contributed by atoms with van der Waals surface area (Å²) in [6.07, 6.45) is 23.1. The lowest BCUT2D eigenvalue weighted by Gasteiger charge is -2.10. The van der Waals surface area contributed by atoms with Crippen molar-refractivity contribution in [1.29, 1.82) is 0 Å². The number of unbranched alkanes of at least 4 members (excludes halogenated alkanes) is 24. The SMILES string of the molecule is CCCCCCCCCCCCCCCCCCCCOS(=O)(=O)C(F)CCCCCCCCCCC(F)(F)F. The molecule has 0 heterocycles. The van der Waals surface area contributed by atoms with Crippen molar-refractivity contribution in [3.05, 3.63) is 0 Å². The lowest BCUT2D eigenvalue weighted by Crippen LogP contribution is -2.19. The molecule has 0 spiro atoms. The van der Waals surface area contributed by atoms with Crippen molar-refractivity contribution in [3.8, 4) is 0 Å². The summed E-state index contributed by atoms with van der Waals surface area (Å²) in [4.78, 5) is 0. The molecule has 0 saturated heterocycles. The van der Waals surface area contributed by atoms with E-state index in [-0.39, 0.29) is 19.4 Å². The van der Waals surface area contributed by atoms with Gasteiger partial charge in [-0.15, -0.1) is 0 Å². The third kappa shape index (κ3) is 29.1. The van der Waals surface area contributed by atoms with Gasteiger partial charge in [0.05, 0.1) is 6.61 Å². The van der Waals surface area contributed by atoms with Crippen LogP contribution in [0, 0.1) is 0 Å². The van der Waals surface area contributed by atoms with Crippen LogP contribution >= 0.6 is 0 Å². The minimum Gasteiger partial charge on any atom is -0.268 e. The largest absolute Gasteiger partial charge is 0.389 e. The number of halogens is 4. The molecule has 0 radical (unpaired) electrons. The van der Waals surface area contributed by atoms with E-state index >= 15 is 0 Å². The molecule has 0 bridgehead atoms. The molecular formula is C32H62F4O3S. The summed E-state index contributed by atoms with van der Waals surface area (Å²) >= 11 is 0. The fourth-order valence-electron chi connectivity index (χ4n) is 5.09. The minimum atomic E-state index is -4.16. The second-order valence-corrected chi connectivity index (χ2v) is 13.5. The van der Waals surface area contributed by atoms with Crippen molar-refractivity contribution < 1.29 is 30.2 Å². The van der Waals surface area contributed by atoms with Gasteiger partial charge >= 0.3 is 6.18 Å². The third-order valence-electron chi connectivity index (χ3n) is 7.70. The standard InChI is InChI=1S/C32H62F4O3S/c1-2-3-4-5-6-7-8-9-10-11-12-13-14-15-18-21-24-27-30-39-40(37,38)31(33)28-25-22-19-16-17-20-23-26-29-32(34,35)36/h31H,2-30H2,1H3. The van der Waals surface area contributed by atoms with Crippen LogP contribution in [0.25, 0.3) is 0 Å². The number of alkyl halides is 4. The summed E-state index contributed by atoms with van der Waals surface area (Å²) in [5, 5.41) is 0. The zero-order chi connectivity index (χ0) is 29.8. The molecule has 0 aromatic heterocycles. The average Bonchev–Trinajstić information content (AvgIpc) is 2.90. The lowest BCUT2D eigenvalue weighted by molar-refractivity contribution is -0.135. The summed E-state index contributed by atoms with van der Waals surface area (Å²) in [6.45, 7) is 2.31. The lowest BCUT2D eigenvalue weighted by atomic mass is 10.0. The molecule has 0 rings (SSSR count). The average molecular weight is 603 g/mol. The smallest absolute Gasteiger partial charge is 0.268 e. The van der Waals surface area contributed by atoms with Gasteiger partial charge in [0, 0.05) is 6.42 Å². The first kappa shape index (κ1) is 39.6. The van der Waals surface area contributed by atoms with Gasteiger partial charge in [0.1, 0.15) is 0 Å². The van der Waals surface area contributed by atoms with Crippen LogP contribution in [0.4, 0.5) is 17.6 Å². The van der Waals surface area contributed by atoms with E-state index in [2.05, 4.69) is 6.92 Å². The van der Waals surface area contributed by atoms with E-state index in [9.17, 15) is 26.0 Å². The zero-order valence-corrected chi connectivity index (χ0v) is 26.5. The quantitative estimate of drug-likeness (QED) is 0.0450. The molecule has 3 nitrogen and oxygen atoms in total. The molecule has 0 aromatic carbocycles. The van der Waals surface area contributed by atoms with E-state index in [1.165, 1.54) is 89.9 Å². The Kier molecular flexibility index (Phi) is 27.2. The van der Waals surface area contributed by atoms with Crippen LogP contribution in [0.3, 0.4) is 0 Å². The summed E-state index contributed by atoms with van der Waals surface area (Å²) < 4.78 is 79.2. The Labute approximate surface area is 245 Å². The maximum atomic E-state index is 14.1. The van der Waals surface area contributed by atoms with E-state index in [0.717, 1.165) is 51.4 Å². The molecule has 0 aromatic rings. The van der Waals surface area contributed by atoms with Crippen LogP contribution in [-0.4, -0.2) is 26.7 Å². The second kappa shape index (κ2) is 27.5. The van der Waals surface area contributed by atoms with Gasteiger partial charge in [-0.3, -0.25) is 4.18 Å². The highest BCUT2D eigenvalue weighted by Gasteiger charge is 2.26. The Morgan fingerprint density at radius 2 is 0.850 bits per heavy atom. The number of hydrogen-bond acceptors (Lipinski definition) is 3. The maximum absolute atomic E-state index is 14.1. The van der Waals surface area contributed by atoms with Crippen molar-refractivity contribution in [2.75, 3.05) is 6.61 Å². The highest BCUT2D eigenvalue weighted by atomic mass is 32.2. The predicted molar refractivity (Wildman–Crippen MR) is 161 cm³/mol. The van der Waals surface area contributed by atoms with Gasteiger partial charge in [-0.25, -0.2) is 4.39 Å². The van der Waals surface area contributed by atoms with Crippen LogP contribution in [0.1, 0.15) is 187 Å². The van der Waals surface area contributed by atoms with Crippen molar-refractivity contribution >= 4 is 10.1 Å². The second-order valence-electron chi connectivity index (χ2n) is 11.7. The molecule has 0 N–H and O–H groups in total. The van der Waals surface area contributed by atoms with Crippen LogP contribution in [0.2, 0.25) is 0 Å². The molecule has 0 saturated carbocycles. The monoisotopic (exact) mass is 602 g/mol. The first-order chi connectivity index (χ1) is 19.2. The van der Waals surface area contributed by atoms with E-state index in [1.54, 1.807) is 0 Å². The third-order valence-corrected chi connectivity index (χ3v) is 9.06. The van der Waals surface area contributed by atoms with E-state index < -0.39 is 28.2 Å². The Balaban J connectivity index is 3.42. The normalized spacial score (nSPS) is 13.2. The van der Waals surface area contributed by atoms with Gasteiger partial charge in [0.2, 0.25) is 5.50 Å². The summed E-state index contributed by atoms with van der Waals surface area (Å²) in [5.41, 5.74) is -1.98. The highest BCUT2D eigenvalue weighted by molar-refractivity contribution is 7.87. The molecule has 0 amide bonds. The molecule has 0 aliphatic rings. The predicted octanol–water partition coefficient (Wildman–Crippen LogP) is 12.1. The van der Waals surface area contributed by atoms with Crippen LogP contribution in [0.5, 0.6) is 0 Å². The zero-order valence-electron chi connectivity index (χ0n) is 25.7. The Hall–Kier alpha value is -0.370. The van der Waals surface area contributed by atoms with Crippen molar-refractivity contribution in [2.45, 2.75) is 198 Å². The molecule has 0 fully saturated rings. The van der Waals surface area contributed by atoms with Gasteiger partial charge < -0.3 is 0 Å². The van der Waals surface area contributed by atoms with Gasteiger partial charge in [-0.05, 0) is 25.7 Å². The molecule has 0 aliphatic carbocycles. The topological polar surface area (TPSA) is 43.4 Å². The summed E-state index contributed by atoms with van der Waals surface area (Å²) in [7, 11) is -4.16. The van der Waals surface area contributed by atoms with Gasteiger partial charge in [0.25, 0.3) is 10.1 Å².